The first-order valence-corrected chi connectivity index (χ1v) is 24.5. The molecule has 0 spiro atoms. The summed E-state index contributed by atoms with van der Waals surface area (Å²) in [4.78, 5) is 119. The standard InChI is InChI=1S/C31H53N10O19P3S/c1-17(42)40-18(27(33)47)6-4-5-8-34-21(44)13-64-11-10-35-20(43)7-9-36-29(48)25(46)31(2,3)14-57-63(54,55)60-62(52,53)56-12-19-24(59-61(49,50)51)23(45)30(58-19)41-16-39-22-26(32)37-15-38-28(22)41/h15-16,18-19,23-25,30,45-46H,4-14H2,1-3H3,(H2,33,47)(H,34,44)(H,35,43)(H,36,48)(H,40,42)(H,52,53)(H,54,55)(H2,32,37,38)(H2,49,50,51)/p-4/t18-,19?,23?,24?,25?,30?/m0/s1. The largest absolute Gasteiger partial charge is 0.790 e. The molecule has 1 fully saturated rings. The number of carbonyl (C=O) groups excluding carboxylic acids is 5. The quantitative estimate of drug-likeness (QED) is 0.0292. The van der Waals surface area contributed by atoms with Crippen molar-refractivity contribution in [2.45, 2.75) is 83.1 Å². The number of primary amides is 1. The molecule has 3 heterocycles. The minimum absolute atomic E-state index is 0.0322. The molecule has 10 N–H and O–H groups in total. The number of hydrogen-bond donors (Lipinski definition) is 8. The Bertz CT molecular complexity index is 2100. The van der Waals surface area contributed by atoms with Gasteiger partial charge in [0.2, 0.25) is 29.5 Å². The van der Waals surface area contributed by atoms with E-state index in [2.05, 4.69) is 54.1 Å². The van der Waals surface area contributed by atoms with Crippen LogP contribution in [0.4, 0.5) is 5.82 Å². The van der Waals surface area contributed by atoms with Gasteiger partial charge < -0.3 is 85.4 Å². The van der Waals surface area contributed by atoms with E-state index in [9.17, 15) is 67.5 Å². The number of rotatable bonds is 28. The molecule has 33 heteroatoms. The van der Waals surface area contributed by atoms with E-state index in [-0.39, 0.29) is 54.1 Å². The Morgan fingerprint density at radius 3 is 2.31 bits per heavy atom. The van der Waals surface area contributed by atoms with Crippen LogP contribution in [0.1, 0.15) is 52.7 Å². The Labute approximate surface area is 368 Å². The number of aromatic nitrogens is 4. The number of ether oxygens (including phenoxy) is 1. The van der Waals surface area contributed by atoms with Crippen LogP contribution in [-0.4, -0.2) is 134 Å². The number of nitrogens with two attached hydrogens (primary N) is 2. The Hall–Kier alpha value is -3.70. The molecule has 0 aromatic carbocycles. The summed E-state index contributed by atoms with van der Waals surface area (Å²) in [6, 6.07) is -0.785. The van der Waals surface area contributed by atoms with Gasteiger partial charge in [-0.15, -0.1) is 0 Å². The van der Waals surface area contributed by atoms with Gasteiger partial charge in [-0.2, -0.15) is 11.8 Å². The van der Waals surface area contributed by atoms with Crippen LogP contribution >= 0.6 is 35.2 Å². The summed E-state index contributed by atoms with van der Waals surface area (Å²) in [6.07, 6.45) is -6.31. The summed E-state index contributed by atoms with van der Waals surface area (Å²) >= 11 is 1.24. The van der Waals surface area contributed by atoms with Crippen molar-refractivity contribution < 1.29 is 90.1 Å². The first-order chi connectivity index (χ1) is 29.7. The van der Waals surface area contributed by atoms with Crippen LogP contribution in [0.5, 0.6) is 0 Å². The maximum Gasteiger partial charge on any atom is 0.274 e. The highest BCUT2D eigenvalue weighted by molar-refractivity contribution is 7.99. The Balaban J connectivity index is 1.37. The summed E-state index contributed by atoms with van der Waals surface area (Å²) in [7, 11) is -17.7. The molecule has 8 atom stereocenters. The number of aliphatic hydroxyl groups is 2. The fraction of sp³-hybridized carbons (Fsp3) is 0.677. The number of thioether (sulfide) groups is 1. The number of nitrogens with one attached hydrogen (secondary N) is 4. The number of carbonyl (C=O) groups is 5. The molecule has 362 valence electrons. The summed E-state index contributed by atoms with van der Waals surface area (Å²) in [5.41, 5.74) is 9.27. The number of imidazole rings is 1. The molecule has 1 aliphatic heterocycles. The number of nitrogen functional groups attached to an aromatic ring is 1. The smallest absolute Gasteiger partial charge is 0.274 e. The summed E-state index contributed by atoms with van der Waals surface area (Å²) in [5.74, 6) is -2.41. The fourth-order valence-electron chi connectivity index (χ4n) is 5.63. The number of phosphoric acid groups is 3. The third-order valence-electron chi connectivity index (χ3n) is 8.82. The maximum absolute atomic E-state index is 12.6. The lowest BCUT2D eigenvalue weighted by molar-refractivity contribution is -0.347. The second kappa shape index (κ2) is 24.2. The monoisotopic (exact) mass is 990 g/mol. The van der Waals surface area contributed by atoms with Crippen molar-refractivity contribution in [2.75, 3.05) is 50.1 Å². The van der Waals surface area contributed by atoms with E-state index in [0.29, 0.717) is 31.6 Å². The van der Waals surface area contributed by atoms with Crippen LogP contribution in [0, 0.1) is 5.41 Å². The van der Waals surface area contributed by atoms with Crippen molar-refractivity contribution in [3.05, 3.63) is 12.7 Å². The van der Waals surface area contributed by atoms with Gasteiger partial charge in [-0.05, 0) is 19.3 Å². The van der Waals surface area contributed by atoms with Gasteiger partial charge in [-0.1, -0.05) is 13.8 Å². The van der Waals surface area contributed by atoms with E-state index in [0.717, 1.165) is 17.2 Å². The third kappa shape index (κ3) is 17.9. The summed E-state index contributed by atoms with van der Waals surface area (Å²) < 4.78 is 60.6. The number of aliphatic hydroxyl groups excluding tert-OH is 2. The molecule has 0 aliphatic carbocycles. The second-order valence-corrected chi connectivity index (χ2v) is 19.7. The van der Waals surface area contributed by atoms with Gasteiger partial charge in [0.25, 0.3) is 15.6 Å². The zero-order valence-electron chi connectivity index (χ0n) is 34.4. The highest BCUT2D eigenvalue weighted by Gasteiger charge is 2.47. The normalized spacial score (nSPS) is 20.7. The van der Waals surface area contributed by atoms with Gasteiger partial charge in [-0.3, -0.25) is 37.7 Å². The van der Waals surface area contributed by atoms with Crippen LogP contribution in [0.15, 0.2) is 12.7 Å². The van der Waals surface area contributed by atoms with Crippen molar-refractivity contribution in [1.29, 1.82) is 0 Å². The molecule has 1 aliphatic rings. The molecular weight excluding hydrogens is 941 g/mol. The molecule has 29 nitrogen and oxygen atoms in total. The number of nitrogens with zero attached hydrogens (tertiary/aromatic N) is 4. The Morgan fingerprint density at radius 2 is 1.66 bits per heavy atom. The minimum atomic E-state index is -5.94. The molecule has 2 aromatic heterocycles. The predicted molar refractivity (Wildman–Crippen MR) is 212 cm³/mol. The highest BCUT2D eigenvalue weighted by atomic mass is 32.2. The Kier molecular flexibility index (Phi) is 20.6. The lowest BCUT2D eigenvalue weighted by Gasteiger charge is -2.36. The maximum atomic E-state index is 12.6. The summed E-state index contributed by atoms with van der Waals surface area (Å²) in [5, 5.41) is 31.4. The molecule has 2 aromatic rings. The summed E-state index contributed by atoms with van der Waals surface area (Å²) in [6.45, 7) is 1.60. The number of unbranched alkanes of at least 4 members (excludes halogenated alkanes) is 1. The number of phosphoric ester groups is 3. The first kappa shape index (κ1) is 54.6. The first-order valence-electron chi connectivity index (χ1n) is 18.9. The van der Waals surface area contributed by atoms with Crippen molar-refractivity contribution in [3.63, 3.8) is 0 Å². The second-order valence-electron chi connectivity index (χ2n) is 14.5. The zero-order chi connectivity index (χ0) is 48.0. The number of fused-ring (bicyclic) bond motifs is 1. The Morgan fingerprint density at radius 1 is 0.984 bits per heavy atom. The van der Waals surface area contributed by atoms with Crippen LogP contribution in [-0.2, 0) is 60.3 Å². The van der Waals surface area contributed by atoms with Gasteiger partial charge in [0, 0.05) is 44.1 Å². The third-order valence-corrected chi connectivity index (χ3v) is 12.8. The van der Waals surface area contributed by atoms with Crippen molar-refractivity contribution in [2.24, 2.45) is 11.1 Å². The van der Waals surface area contributed by atoms with E-state index in [1.807, 2.05) is 0 Å². The molecular formula is C31H49N10O19P3S-4. The fourth-order valence-corrected chi connectivity index (χ4v) is 9.04. The predicted octanol–water partition coefficient (Wildman–Crippen LogP) is -5.11. The van der Waals surface area contributed by atoms with Gasteiger partial charge >= 0.3 is 0 Å². The topological polar surface area (TPSA) is 459 Å². The lowest BCUT2D eigenvalue weighted by atomic mass is 9.87. The minimum Gasteiger partial charge on any atom is -0.790 e. The van der Waals surface area contributed by atoms with E-state index in [1.165, 1.54) is 32.5 Å². The molecule has 7 unspecified atom stereocenters. The number of anilines is 1. The zero-order valence-corrected chi connectivity index (χ0v) is 37.9. The highest BCUT2D eigenvalue weighted by Crippen LogP contribution is 2.56. The molecule has 64 heavy (non-hydrogen) atoms. The molecule has 1 saturated heterocycles. The van der Waals surface area contributed by atoms with E-state index < -0.39 is 96.5 Å². The van der Waals surface area contributed by atoms with Crippen LogP contribution in [0.2, 0.25) is 0 Å². The molecule has 0 radical (unpaired) electrons. The van der Waals surface area contributed by atoms with Gasteiger partial charge in [0.1, 0.15) is 42.3 Å². The average molecular weight is 991 g/mol. The van der Waals surface area contributed by atoms with Gasteiger partial charge in [0.05, 0.1) is 33.1 Å². The van der Waals surface area contributed by atoms with Crippen LogP contribution in [0.25, 0.3) is 11.2 Å². The molecule has 0 saturated carbocycles. The van der Waals surface area contributed by atoms with Crippen LogP contribution in [0.3, 0.4) is 0 Å². The SMILES string of the molecule is CC(=O)N[C@@H](CCCCNC(=O)CSCCNC(=O)CCNC(=O)C(O)C(C)(C)COP(=O)([O-])OP(=O)([O-])OCC1OC(n2cnc3c(N)ncnc32)C(O)C1OP(=O)([O-])[O-])C(N)=O. The molecule has 0 bridgehead atoms. The van der Waals surface area contributed by atoms with E-state index in [1.54, 1.807) is 0 Å². The number of amides is 5. The molecule has 5 amide bonds. The molecule has 3 rings (SSSR count). The van der Waals surface area contributed by atoms with Crippen molar-refractivity contribution in [3.8, 4) is 0 Å². The lowest BCUT2D eigenvalue weighted by Crippen LogP contribution is -2.46. The number of hydrogen-bond acceptors (Lipinski definition) is 24. The van der Waals surface area contributed by atoms with E-state index in [4.69, 9.17) is 16.2 Å². The van der Waals surface area contributed by atoms with Crippen molar-refractivity contribution in [1.82, 2.24) is 40.8 Å². The average Bonchev–Trinajstić information content (AvgIpc) is 3.74. The van der Waals surface area contributed by atoms with Gasteiger partial charge in [0.15, 0.2) is 17.7 Å². The van der Waals surface area contributed by atoms with Crippen molar-refractivity contribution >= 4 is 81.7 Å². The van der Waals surface area contributed by atoms with Gasteiger partial charge in [-0.25, -0.2) is 19.3 Å². The van der Waals surface area contributed by atoms with Crippen LogP contribution < -0.4 is 52.3 Å². The van der Waals surface area contributed by atoms with E-state index >= 15 is 0 Å².